The zero-order chi connectivity index (χ0) is 18.0. The second-order valence-corrected chi connectivity index (χ2v) is 8.10. The molecule has 1 fully saturated rings. The minimum absolute atomic E-state index is 0.121. The molecule has 134 valence electrons. The van der Waals surface area contributed by atoms with Gasteiger partial charge in [-0.15, -0.1) is 10.2 Å². The number of nitrogens with two attached hydrogens (primary N) is 1. The molecule has 0 spiro atoms. The maximum atomic E-state index is 12.5. The molecule has 2 atom stereocenters. The number of carbonyl (C=O) groups excluding carboxylic acids is 1. The number of carbonyl (C=O) groups is 1. The Kier molecular flexibility index (Phi) is 5.54. The Labute approximate surface area is 156 Å². The molecule has 1 aromatic carbocycles. The number of nitrogens with zero attached hydrogens (tertiary/aromatic N) is 4. The van der Waals surface area contributed by atoms with Gasteiger partial charge in [0, 0.05) is 23.7 Å². The van der Waals surface area contributed by atoms with E-state index >= 15 is 0 Å². The fourth-order valence-electron chi connectivity index (χ4n) is 3.28. The van der Waals surface area contributed by atoms with Crippen LogP contribution in [0.15, 0.2) is 29.4 Å². The van der Waals surface area contributed by atoms with Gasteiger partial charge in [0.1, 0.15) is 0 Å². The van der Waals surface area contributed by atoms with Crippen LogP contribution in [0.2, 0.25) is 5.02 Å². The third kappa shape index (κ3) is 4.27. The molecule has 8 heteroatoms. The van der Waals surface area contributed by atoms with E-state index in [9.17, 15) is 4.79 Å². The van der Waals surface area contributed by atoms with E-state index in [2.05, 4.69) is 24.0 Å². The second kappa shape index (κ2) is 7.66. The highest BCUT2D eigenvalue weighted by atomic mass is 35.5. The number of hydrogen-bond donors (Lipinski definition) is 1. The van der Waals surface area contributed by atoms with E-state index in [1.807, 2.05) is 17.0 Å². The van der Waals surface area contributed by atoms with Gasteiger partial charge in [0.2, 0.25) is 11.1 Å². The van der Waals surface area contributed by atoms with Gasteiger partial charge in [0.15, 0.2) is 5.82 Å². The molecule has 0 radical (unpaired) electrons. The fraction of sp³-hybridized carbons (Fsp3) is 0.471. The molecule has 1 aliphatic rings. The number of benzene rings is 1. The first-order valence-corrected chi connectivity index (χ1v) is 9.67. The molecule has 2 aromatic rings. The van der Waals surface area contributed by atoms with Crippen molar-refractivity contribution in [3.63, 3.8) is 0 Å². The fourth-order valence-corrected chi connectivity index (χ4v) is 4.23. The first-order valence-electron chi connectivity index (χ1n) is 8.31. The topological polar surface area (TPSA) is 77.0 Å². The zero-order valence-electron chi connectivity index (χ0n) is 14.4. The van der Waals surface area contributed by atoms with Crippen molar-refractivity contribution in [3.05, 3.63) is 29.3 Å². The summed E-state index contributed by atoms with van der Waals surface area (Å²) in [4.78, 5) is 14.4. The molecule has 0 aliphatic carbocycles. The highest BCUT2D eigenvalue weighted by molar-refractivity contribution is 7.99. The summed E-state index contributed by atoms with van der Waals surface area (Å²) >= 11 is 7.32. The summed E-state index contributed by atoms with van der Waals surface area (Å²) in [6, 6.07) is 7.28. The van der Waals surface area contributed by atoms with E-state index < -0.39 is 0 Å². The first kappa shape index (κ1) is 18.1. The van der Waals surface area contributed by atoms with E-state index in [4.69, 9.17) is 17.4 Å². The van der Waals surface area contributed by atoms with E-state index in [1.54, 1.807) is 12.1 Å². The predicted molar refractivity (Wildman–Crippen MR) is 101 cm³/mol. The lowest BCUT2D eigenvalue weighted by Crippen LogP contribution is -2.43. The van der Waals surface area contributed by atoms with Crippen molar-refractivity contribution in [3.8, 4) is 11.4 Å². The van der Waals surface area contributed by atoms with Crippen LogP contribution < -0.4 is 5.84 Å². The number of aromatic nitrogens is 3. The molecule has 2 N–H and O–H groups in total. The molecule has 6 nitrogen and oxygen atoms in total. The molecule has 1 amide bonds. The Bertz CT molecular complexity index is 755. The lowest BCUT2D eigenvalue weighted by molar-refractivity contribution is -0.130. The molecule has 0 saturated carbocycles. The number of rotatable bonds is 4. The smallest absolute Gasteiger partial charge is 0.233 e. The number of hydrogen-bond acceptors (Lipinski definition) is 5. The molecule has 3 rings (SSSR count). The Balaban J connectivity index is 1.65. The standard InChI is InChI=1S/C17H22ClN5OS/c1-11-6-12(2)9-22(8-11)15(24)10-25-17-21-20-16(23(17)19)13-4-3-5-14(18)7-13/h3-5,7,11-12H,6,8-10,19H2,1-2H3/t11-,12+. The number of thioether (sulfide) groups is 1. The molecule has 1 saturated heterocycles. The quantitative estimate of drug-likeness (QED) is 0.652. The first-order chi connectivity index (χ1) is 11.9. The third-order valence-corrected chi connectivity index (χ3v) is 5.46. The van der Waals surface area contributed by atoms with Crippen LogP contribution in [-0.2, 0) is 4.79 Å². The Hall–Kier alpha value is -1.73. The van der Waals surface area contributed by atoms with Crippen molar-refractivity contribution >= 4 is 29.3 Å². The van der Waals surface area contributed by atoms with Crippen molar-refractivity contribution in [1.82, 2.24) is 19.8 Å². The number of likely N-dealkylation sites (tertiary alicyclic amines) is 1. The van der Waals surface area contributed by atoms with Gasteiger partial charge in [-0.1, -0.05) is 49.3 Å². The summed E-state index contributed by atoms with van der Waals surface area (Å²) in [7, 11) is 0. The molecular formula is C17H22ClN5OS. The van der Waals surface area contributed by atoms with Gasteiger partial charge in [-0.3, -0.25) is 4.79 Å². The summed E-state index contributed by atoms with van der Waals surface area (Å²) < 4.78 is 1.41. The molecule has 25 heavy (non-hydrogen) atoms. The van der Waals surface area contributed by atoms with Gasteiger partial charge in [-0.2, -0.15) is 0 Å². The highest BCUT2D eigenvalue weighted by Crippen LogP contribution is 2.25. The summed E-state index contributed by atoms with van der Waals surface area (Å²) in [5.41, 5.74) is 0.791. The van der Waals surface area contributed by atoms with E-state index in [1.165, 1.54) is 22.9 Å². The van der Waals surface area contributed by atoms with Crippen LogP contribution in [0.3, 0.4) is 0 Å². The average molecular weight is 380 g/mol. The zero-order valence-corrected chi connectivity index (χ0v) is 15.9. The van der Waals surface area contributed by atoms with Crippen molar-refractivity contribution in [2.45, 2.75) is 25.4 Å². The van der Waals surface area contributed by atoms with Crippen LogP contribution in [0, 0.1) is 11.8 Å². The maximum Gasteiger partial charge on any atom is 0.233 e. The molecular weight excluding hydrogens is 358 g/mol. The summed E-state index contributed by atoms with van der Waals surface area (Å²) in [6.45, 7) is 6.04. The number of amides is 1. The van der Waals surface area contributed by atoms with E-state index in [-0.39, 0.29) is 5.91 Å². The highest BCUT2D eigenvalue weighted by Gasteiger charge is 2.25. The van der Waals surface area contributed by atoms with Gasteiger partial charge >= 0.3 is 0 Å². The maximum absolute atomic E-state index is 12.5. The van der Waals surface area contributed by atoms with Crippen LogP contribution in [0.25, 0.3) is 11.4 Å². The Morgan fingerprint density at radius 1 is 1.32 bits per heavy atom. The summed E-state index contributed by atoms with van der Waals surface area (Å²) in [5, 5.41) is 9.36. The average Bonchev–Trinajstić information content (AvgIpc) is 2.92. The summed E-state index contributed by atoms with van der Waals surface area (Å²) in [5.74, 6) is 8.15. The Morgan fingerprint density at radius 3 is 2.72 bits per heavy atom. The minimum Gasteiger partial charge on any atom is -0.341 e. The van der Waals surface area contributed by atoms with Crippen molar-refractivity contribution in [2.24, 2.45) is 11.8 Å². The van der Waals surface area contributed by atoms with Crippen LogP contribution in [-0.4, -0.2) is 44.5 Å². The SMILES string of the molecule is C[C@@H]1C[C@H](C)CN(C(=O)CSc2nnc(-c3cccc(Cl)c3)n2N)C1. The van der Waals surface area contributed by atoms with E-state index in [0.717, 1.165) is 18.7 Å². The predicted octanol–water partition coefficient (Wildman–Crippen LogP) is 2.91. The Morgan fingerprint density at radius 2 is 2.04 bits per heavy atom. The minimum atomic E-state index is 0.121. The number of piperidine rings is 1. The van der Waals surface area contributed by atoms with Gasteiger partial charge in [0.05, 0.1) is 5.75 Å². The van der Waals surface area contributed by atoms with E-state index in [0.29, 0.717) is 33.6 Å². The van der Waals surface area contributed by atoms with Crippen molar-refractivity contribution in [1.29, 1.82) is 0 Å². The van der Waals surface area contributed by atoms with Crippen molar-refractivity contribution < 1.29 is 4.79 Å². The number of halogens is 1. The summed E-state index contributed by atoms with van der Waals surface area (Å²) in [6.07, 6.45) is 1.18. The number of nitrogen functional groups attached to an aromatic ring is 1. The van der Waals surface area contributed by atoms with Gasteiger partial charge in [-0.25, -0.2) is 4.68 Å². The lowest BCUT2D eigenvalue weighted by Gasteiger charge is -2.34. The molecule has 0 bridgehead atoms. The van der Waals surface area contributed by atoms with Gasteiger partial charge in [0.25, 0.3) is 0 Å². The van der Waals surface area contributed by atoms with Crippen LogP contribution in [0.1, 0.15) is 20.3 Å². The third-order valence-electron chi connectivity index (χ3n) is 4.29. The van der Waals surface area contributed by atoms with Crippen LogP contribution in [0.4, 0.5) is 0 Å². The molecule has 2 heterocycles. The van der Waals surface area contributed by atoms with Crippen molar-refractivity contribution in [2.75, 3.05) is 24.7 Å². The van der Waals surface area contributed by atoms with Gasteiger partial charge < -0.3 is 10.7 Å². The molecule has 0 unspecified atom stereocenters. The normalized spacial score (nSPS) is 20.7. The van der Waals surface area contributed by atoms with Crippen LogP contribution in [0.5, 0.6) is 0 Å². The monoisotopic (exact) mass is 379 g/mol. The largest absolute Gasteiger partial charge is 0.341 e. The van der Waals surface area contributed by atoms with Crippen LogP contribution >= 0.6 is 23.4 Å². The second-order valence-electron chi connectivity index (χ2n) is 6.72. The lowest BCUT2D eigenvalue weighted by atomic mass is 9.92. The molecule has 1 aromatic heterocycles. The molecule has 1 aliphatic heterocycles. The van der Waals surface area contributed by atoms with Gasteiger partial charge in [-0.05, 0) is 30.4 Å².